The van der Waals surface area contributed by atoms with Gasteiger partial charge in [0.25, 0.3) is 0 Å². The van der Waals surface area contributed by atoms with Crippen molar-refractivity contribution >= 4 is 12.1 Å². The normalized spacial score (nSPS) is 23.2. The number of hydrogen-bond acceptors (Lipinski definition) is 5. The number of carbonyl (C=O) groups excluding carboxylic acids is 2. The van der Waals surface area contributed by atoms with Crippen LogP contribution < -0.4 is 0 Å². The quantitative estimate of drug-likeness (QED) is 0.578. The van der Waals surface area contributed by atoms with E-state index in [4.69, 9.17) is 9.47 Å². The number of amides is 1. The van der Waals surface area contributed by atoms with Gasteiger partial charge in [-0.3, -0.25) is 4.90 Å². The Morgan fingerprint density at radius 1 is 1.28 bits per heavy atom. The first-order chi connectivity index (χ1) is 15.0. The second kappa shape index (κ2) is 9.38. The Morgan fingerprint density at radius 2 is 1.97 bits per heavy atom. The van der Waals surface area contributed by atoms with Crippen molar-refractivity contribution in [3.05, 3.63) is 34.6 Å². The van der Waals surface area contributed by atoms with Gasteiger partial charge >= 0.3 is 12.1 Å². The Morgan fingerprint density at radius 3 is 2.56 bits per heavy atom. The van der Waals surface area contributed by atoms with Gasteiger partial charge in [0.15, 0.2) is 0 Å². The SMILES string of the molecule is CCCCC1(N(C)C(=O)OC(C)(C)C)CC(N2CCc3cc(C(=O)OC)cc(F)c3C2)C1. The number of esters is 1. The minimum absolute atomic E-state index is 0.212. The van der Waals surface area contributed by atoms with Crippen LogP contribution in [0.15, 0.2) is 12.1 Å². The largest absolute Gasteiger partial charge is 0.465 e. The molecule has 0 unspecified atom stereocenters. The van der Waals surface area contributed by atoms with E-state index in [1.54, 1.807) is 11.0 Å². The number of nitrogens with zero attached hydrogens (tertiary/aromatic N) is 2. The van der Waals surface area contributed by atoms with E-state index in [1.165, 1.54) is 13.2 Å². The summed E-state index contributed by atoms with van der Waals surface area (Å²) in [7, 11) is 3.15. The van der Waals surface area contributed by atoms with Gasteiger partial charge in [-0.2, -0.15) is 0 Å². The van der Waals surface area contributed by atoms with Gasteiger partial charge in [0, 0.05) is 37.3 Å². The van der Waals surface area contributed by atoms with Crippen LogP contribution in [0.3, 0.4) is 0 Å². The molecule has 1 aromatic rings. The van der Waals surface area contributed by atoms with Crippen LogP contribution in [0.2, 0.25) is 0 Å². The Kier molecular flexibility index (Phi) is 7.18. The molecule has 0 bridgehead atoms. The molecule has 1 amide bonds. The molecule has 0 saturated heterocycles. The summed E-state index contributed by atoms with van der Waals surface area (Å²) in [6, 6.07) is 3.32. The van der Waals surface area contributed by atoms with Gasteiger partial charge < -0.3 is 14.4 Å². The van der Waals surface area contributed by atoms with Crippen molar-refractivity contribution in [3.63, 3.8) is 0 Å². The highest BCUT2D eigenvalue weighted by Crippen LogP contribution is 2.45. The molecule has 0 aromatic heterocycles. The average molecular weight is 449 g/mol. The lowest BCUT2D eigenvalue weighted by molar-refractivity contribution is -0.0595. The predicted octanol–water partition coefficient (Wildman–Crippen LogP) is 4.93. The zero-order chi connectivity index (χ0) is 23.7. The maximum Gasteiger partial charge on any atom is 0.410 e. The first-order valence-corrected chi connectivity index (χ1v) is 11.6. The Balaban J connectivity index is 1.71. The number of unbranched alkanes of at least 4 members (excludes halogenated alkanes) is 1. The molecule has 0 radical (unpaired) electrons. The van der Waals surface area contributed by atoms with Crippen molar-refractivity contribution in [1.29, 1.82) is 0 Å². The summed E-state index contributed by atoms with van der Waals surface area (Å²) in [5, 5.41) is 0. The monoisotopic (exact) mass is 448 g/mol. The number of carbonyl (C=O) groups is 2. The molecule has 1 saturated carbocycles. The molecular weight excluding hydrogens is 411 g/mol. The van der Waals surface area contributed by atoms with Gasteiger partial charge in [-0.05, 0) is 64.2 Å². The third kappa shape index (κ3) is 5.08. The molecule has 2 aliphatic rings. The fourth-order valence-corrected chi connectivity index (χ4v) is 4.94. The highest BCUT2D eigenvalue weighted by Gasteiger charge is 2.51. The highest BCUT2D eigenvalue weighted by atomic mass is 19.1. The van der Waals surface area contributed by atoms with Crippen LogP contribution >= 0.6 is 0 Å². The summed E-state index contributed by atoms with van der Waals surface area (Å²) >= 11 is 0. The minimum Gasteiger partial charge on any atom is -0.465 e. The maximum atomic E-state index is 14.8. The summed E-state index contributed by atoms with van der Waals surface area (Å²) in [6.07, 6.45) is 5.19. The predicted molar refractivity (Wildman–Crippen MR) is 121 cm³/mol. The second-order valence-electron chi connectivity index (χ2n) is 10.2. The van der Waals surface area contributed by atoms with E-state index < -0.39 is 11.6 Å². The molecule has 32 heavy (non-hydrogen) atoms. The average Bonchev–Trinajstić information content (AvgIpc) is 2.70. The van der Waals surface area contributed by atoms with E-state index >= 15 is 0 Å². The summed E-state index contributed by atoms with van der Waals surface area (Å²) in [5.41, 5.74) is 1.06. The molecule has 6 nitrogen and oxygen atoms in total. The second-order valence-corrected chi connectivity index (χ2v) is 10.2. The number of rotatable bonds is 6. The summed E-state index contributed by atoms with van der Waals surface area (Å²) in [5.74, 6) is -0.867. The van der Waals surface area contributed by atoms with E-state index in [0.29, 0.717) is 24.6 Å². The summed E-state index contributed by atoms with van der Waals surface area (Å²) < 4.78 is 25.2. The molecule has 1 aliphatic carbocycles. The number of fused-ring (bicyclic) bond motifs is 1. The van der Waals surface area contributed by atoms with Crippen LogP contribution in [0.1, 0.15) is 81.3 Å². The summed E-state index contributed by atoms with van der Waals surface area (Å²) in [4.78, 5) is 28.7. The molecule has 1 heterocycles. The third-order valence-corrected chi connectivity index (χ3v) is 6.86. The smallest absolute Gasteiger partial charge is 0.410 e. The number of benzene rings is 1. The van der Waals surface area contributed by atoms with Crippen molar-refractivity contribution in [1.82, 2.24) is 9.80 Å². The van der Waals surface area contributed by atoms with Crippen LogP contribution in [-0.4, -0.2) is 59.7 Å². The maximum absolute atomic E-state index is 14.8. The van der Waals surface area contributed by atoms with Gasteiger partial charge in [0.1, 0.15) is 11.4 Å². The van der Waals surface area contributed by atoms with E-state index in [9.17, 15) is 14.0 Å². The van der Waals surface area contributed by atoms with Crippen molar-refractivity contribution in [2.45, 2.75) is 89.9 Å². The zero-order valence-electron chi connectivity index (χ0n) is 20.3. The van der Waals surface area contributed by atoms with E-state index in [1.807, 2.05) is 27.8 Å². The molecule has 178 valence electrons. The van der Waals surface area contributed by atoms with Crippen molar-refractivity contribution in [2.75, 3.05) is 20.7 Å². The standard InChI is InChI=1S/C25H37FN2O4/c1-7-8-10-25(27(5)23(30)32-24(2,3)4)14-19(15-25)28-11-9-17-12-18(22(29)31-6)13-21(26)20(17)16-28/h12-13,19H,7-11,14-16H2,1-6H3. The first kappa shape index (κ1) is 24.5. The number of hydrogen-bond donors (Lipinski definition) is 0. The molecule has 0 spiro atoms. The molecule has 7 heteroatoms. The lowest BCUT2D eigenvalue weighted by atomic mass is 9.67. The topological polar surface area (TPSA) is 59.1 Å². The Bertz CT molecular complexity index is 858. The van der Waals surface area contributed by atoms with Crippen molar-refractivity contribution in [3.8, 4) is 0 Å². The van der Waals surface area contributed by atoms with Gasteiger partial charge in [-0.25, -0.2) is 14.0 Å². The Hall–Kier alpha value is -2.15. The van der Waals surface area contributed by atoms with Crippen molar-refractivity contribution < 1.29 is 23.5 Å². The zero-order valence-corrected chi connectivity index (χ0v) is 20.3. The number of methoxy groups -OCH3 is 1. The van der Waals surface area contributed by atoms with Gasteiger partial charge in [0.2, 0.25) is 0 Å². The van der Waals surface area contributed by atoms with E-state index in [2.05, 4.69) is 11.8 Å². The van der Waals surface area contributed by atoms with Crippen LogP contribution in [0, 0.1) is 5.82 Å². The van der Waals surface area contributed by atoms with Gasteiger partial charge in [-0.1, -0.05) is 19.8 Å². The molecule has 1 fully saturated rings. The molecular formula is C25H37FN2O4. The highest BCUT2D eigenvalue weighted by molar-refractivity contribution is 5.89. The van der Waals surface area contributed by atoms with E-state index in [-0.39, 0.29) is 23.0 Å². The van der Waals surface area contributed by atoms with Crippen LogP contribution in [0.25, 0.3) is 0 Å². The summed E-state index contributed by atoms with van der Waals surface area (Å²) in [6.45, 7) is 9.13. The third-order valence-electron chi connectivity index (χ3n) is 6.86. The van der Waals surface area contributed by atoms with Crippen LogP contribution in [0.5, 0.6) is 0 Å². The number of ether oxygens (including phenoxy) is 2. The van der Waals surface area contributed by atoms with Gasteiger partial charge in [0.05, 0.1) is 12.7 Å². The molecule has 1 aromatic carbocycles. The molecule has 1 aliphatic heterocycles. The van der Waals surface area contributed by atoms with E-state index in [0.717, 1.165) is 44.2 Å². The minimum atomic E-state index is -0.530. The Labute approximate surface area is 191 Å². The lowest BCUT2D eigenvalue weighted by Crippen LogP contribution is -2.64. The van der Waals surface area contributed by atoms with Gasteiger partial charge in [-0.15, -0.1) is 0 Å². The van der Waals surface area contributed by atoms with Crippen LogP contribution in [-0.2, 0) is 22.4 Å². The molecule has 3 rings (SSSR count). The van der Waals surface area contributed by atoms with Crippen LogP contribution in [0.4, 0.5) is 9.18 Å². The first-order valence-electron chi connectivity index (χ1n) is 11.6. The fourth-order valence-electron chi connectivity index (χ4n) is 4.94. The number of halogens is 1. The van der Waals surface area contributed by atoms with Crippen molar-refractivity contribution in [2.24, 2.45) is 0 Å². The molecule has 0 N–H and O–H groups in total. The molecule has 0 atom stereocenters. The fraction of sp³-hybridized carbons (Fsp3) is 0.680. The lowest BCUT2D eigenvalue weighted by Gasteiger charge is -2.56.